The second-order valence-electron chi connectivity index (χ2n) is 15.6. The van der Waals surface area contributed by atoms with Crippen LogP contribution in [0.4, 0.5) is 34.1 Å². The average Bonchev–Trinajstić information content (AvgIpc) is 3.20. The molecule has 2 fully saturated rings. The Morgan fingerprint density at radius 3 is 1.75 bits per heavy atom. The molecule has 9 rings (SSSR count). The Kier molecular flexibility index (Phi) is 9.88. The average molecular weight is 727 g/mol. The number of nitrogens with zero attached hydrogens (tertiary/aromatic N) is 6. The van der Waals surface area contributed by atoms with E-state index in [2.05, 4.69) is 131 Å². The fraction of sp³-hybridized carbons (Fsp3) is 0.319. The molecule has 55 heavy (non-hydrogen) atoms. The number of aliphatic imine (C=N–C) groups is 4. The third-order valence-electron chi connectivity index (χ3n) is 11.5. The zero-order valence-electron chi connectivity index (χ0n) is 32.1. The van der Waals surface area contributed by atoms with E-state index >= 15 is 0 Å². The number of piperidine rings is 2. The minimum atomic E-state index is -0.102. The second-order valence-corrected chi connectivity index (χ2v) is 15.6. The molecule has 2 bridgehead atoms. The van der Waals surface area contributed by atoms with Gasteiger partial charge in [-0.15, -0.1) is 0 Å². The highest BCUT2D eigenvalue weighted by Crippen LogP contribution is 2.38. The van der Waals surface area contributed by atoms with Crippen LogP contribution < -0.4 is 20.4 Å². The standard InChI is InChI=1S/C47H50N8/c1-32-9-14-35(15-10-32)50-44-29-37(54-23-5-3-6-24-54)18-21-39(44)42-27-34-13-20-41-46(52-42)48-31-49-47(41)53-43(28-34)40-22-19-38(55-25-7-4-8-26-55)30-45(40)51-36-16-11-33(2)12-17-36/h9-12,14-19,21-22,27-31,41,50-51H,3-8,13,20,23-26H2,1-2H3/b34-27+,34-28?,42-27?,43-28-,52-42?,52-46?,53-43?,53-47?. The molecular weight excluding hydrogens is 677 g/mol. The van der Waals surface area contributed by atoms with Crippen molar-refractivity contribution in [3.05, 3.63) is 125 Å². The lowest BCUT2D eigenvalue weighted by atomic mass is 9.90. The Balaban J connectivity index is 1.16. The van der Waals surface area contributed by atoms with Gasteiger partial charge >= 0.3 is 0 Å². The quantitative estimate of drug-likeness (QED) is 0.189. The van der Waals surface area contributed by atoms with Gasteiger partial charge in [-0.05, 0) is 144 Å². The van der Waals surface area contributed by atoms with Crippen LogP contribution in [0.1, 0.15) is 73.6 Å². The Hall–Kier alpha value is -5.76. The fourth-order valence-electron chi connectivity index (χ4n) is 8.35. The molecule has 0 aliphatic carbocycles. The second kappa shape index (κ2) is 15.5. The molecule has 8 heteroatoms. The van der Waals surface area contributed by atoms with Crippen molar-refractivity contribution in [2.75, 3.05) is 46.6 Å². The number of hydrogen-bond acceptors (Lipinski definition) is 8. The van der Waals surface area contributed by atoms with Gasteiger partial charge in [-0.2, -0.15) is 0 Å². The maximum atomic E-state index is 5.33. The van der Waals surface area contributed by atoms with Crippen molar-refractivity contribution in [1.29, 1.82) is 0 Å². The molecule has 5 heterocycles. The number of hydrogen-bond donors (Lipinski definition) is 2. The smallest absolute Gasteiger partial charge is 0.141 e. The molecule has 5 aliphatic rings. The molecule has 1 atom stereocenters. The molecule has 278 valence electrons. The van der Waals surface area contributed by atoms with Crippen LogP contribution in [0.15, 0.2) is 123 Å². The van der Waals surface area contributed by atoms with Crippen LogP contribution in [0, 0.1) is 19.8 Å². The Labute approximate surface area is 325 Å². The van der Waals surface area contributed by atoms with Gasteiger partial charge in [-0.1, -0.05) is 35.4 Å². The third kappa shape index (κ3) is 7.77. The van der Waals surface area contributed by atoms with Gasteiger partial charge in [0, 0.05) is 60.1 Å². The van der Waals surface area contributed by atoms with Crippen LogP contribution in [0.5, 0.6) is 0 Å². The fourth-order valence-corrected chi connectivity index (χ4v) is 8.35. The summed E-state index contributed by atoms with van der Waals surface area (Å²) < 4.78 is 0. The van der Waals surface area contributed by atoms with Crippen molar-refractivity contribution < 1.29 is 0 Å². The highest BCUT2D eigenvalue weighted by Gasteiger charge is 2.30. The molecule has 0 spiro atoms. The lowest BCUT2D eigenvalue weighted by Gasteiger charge is -2.30. The molecule has 0 radical (unpaired) electrons. The van der Waals surface area contributed by atoms with Gasteiger partial charge in [0.05, 0.1) is 28.7 Å². The van der Waals surface area contributed by atoms with Crippen LogP contribution in [-0.4, -0.2) is 49.9 Å². The van der Waals surface area contributed by atoms with Gasteiger partial charge < -0.3 is 20.4 Å². The molecule has 1 unspecified atom stereocenters. The number of fused-ring (bicyclic) bond motifs is 2. The van der Waals surface area contributed by atoms with Gasteiger partial charge in [-0.3, -0.25) is 0 Å². The van der Waals surface area contributed by atoms with E-state index in [9.17, 15) is 0 Å². The molecule has 0 amide bonds. The van der Waals surface area contributed by atoms with Crippen molar-refractivity contribution in [1.82, 2.24) is 0 Å². The van der Waals surface area contributed by atoms with Crippen molar-refractivity contribution in [3.63, 3.8) is 0 Å². The Morgan fingerprint density at radius 2 is 1.15 bits per heavy atom. The zero-order valence-corrected chi connectivity index (χ0v) is 32.1. The van der Waals surface area contributed by atoms with E-state index in [0.29, 0.717) is 0 Å². The minimum Gasteiger partial charge on any atom is -0.371 e. The summed E-state index contributed by atoms with van der Waals surface area (Å²) in [6, 6.07) is 30.9. The van der Waals surface area contributed by atoms with Crippen LogP contribution in [0.2, 0.25) is 0 Å². The van der Waals surface area contributed by atoms with Crippen molar-refractivity contribution in [2.24, 2.45) is 25.9 Å². The van der Waals surface area contributed by atoms with Gasteiger partial charge in [0.25, 0.3) is 0 Å². The topological polar surface area (TPSA) is 80.0 Å². The first-order valence-electron chi connectivity index (χ1n) is 20.2. The molecule has 0 aromatic heterocycles. The van der Waals surface area contributed by atoms with Crippen LogP contribution in [0.3, 0.4) is 0 Å². The van der Waals surface area contributed by atoms with E-state index in [1.807, 2.05) is 0 Å². The summed E-state index contributed by atoms with van der Waals surface area (Å²) in [4.78, 5) is 25.3. The van der Waals surface area contributed by atoms with Crippen molar-refractivity contribution in [3.8, 4) is 0 Å². The van der Waals surface area contributed by atoms with Crippen molar-refractivity contribution >= 4 is 63.5 Å². The first-order chi connectivity index (χ1) is 27.0. The summed E-state index contributed by atoms with van der Waals surface area (Å²) in [5.41, 5.74) is 14.2. The van der Waals surface area contributed by atoms with E-state index in [0.717, 1.165) is 96.0 Å². The summed E-state index contributed by atoms with van der Waals surface area (Å²) in [5, 5.41) is 7.57. The summed E-state index contributed by atoms with van der Waals surface area (Å²) in [6.07, 6.45) is 15.4. The van der Waals surface area contributed by atoms with E-state index < -0.39 is 0 Å². The summed E-state index contributed by atoms with van der Waals surface area (Å²) in [5.74, 6) is 1.43. The summed E-state index contributed by atoms with van der Waals surface area (Å²) in [6.45, 7) is 8.59. The van der Waals surface area contributed by atoms with Gasteiger partial charge in [0.1, 0.15) is 18.0 Å². The highest BCUT2D eigenvalue weighted by atomic mass is 15.1. The minimum absolute atomic E-state index is 0.102. The number of benzene rings is 4. The molecule has 5 aliphatic heterocycles. The van der Waals surface area contributed by atoms with E-state index in [1.54, 1.807) is 6.34 Å². The van der Waals surface area contributed by atoms with Gasteiger partial charge in [0.15, 0.2) is 0 Å². The lowest BCUT2D eigenvalue weighted by molar-refractivity contribution is 0.578. The SMILES string of the molecule is Cc1ccc(Nc2cc(N3CCCCC3)ccc2C2=NC3=NC=NC4=N/C(c5ccc(N6CCCCC6)cc5Nc5ccc(C)cc5)=C\C(=C\2)CCC34)cc1. The summed E-state index contributed by atoms with van der Waals surface area (Å²) in [7, 11) is 0. The predicted molar refractivity (Wildman–Crippen MR) is 233 cm³/mol. The van der Waals surface area contributed by atoms with Crippen LogP contribution in [-0.2, 0) is 0 Å². The number of aryl methyl sites for hydroxylation is 2. The highest BCUT2D eigenvalue weighted by molar-refractivity contribution is 6.23. The number of anilines is 6. The first kappa shape index (κ1) is 35.0. The van der Waals surface area contributed by atoms with E-state index in [1.165, 1.54) is 66.6 Å². The number of amidine groups is 2. The Morgan fingerprint density at radius 1 is 0.582 bits per heavy atom. The lowest BCUT2D eigenvalue weighted by Crippen LogP contribution is -2.29. The maximum Gasteiger partial charge on any atom is 0.141 e. The molecule has 2 saturated heterocycles. The zero-order chi connectivity index (χ0) is 37.1. The largest absolute Gasteiger partial charge is 0.371 e. The van der Waals surface area contributed by atoms with E-state index in [4.69, 9.17) is 20.0 Å². The maximum absolute atomic E-state index is 5.33. The van der Waals surface area contributed by atoms with Crippen molar-refractivity contribution in [2.45, 2.75) is 65.2 Å². The molecule has 4 aromatic carbocycles. The number of allylic oxidation sites excluding steroid dienone is 3. The molecule has 8 nitrogen and oxygen atoms in total. The monoisotopic (exact) mass is 726 g/mol. The van der Waals surface area contributed by atoms with Gasteiger partial charge in [0.2, 0.25) is 0 Å². The normalized spacial score (nSPS) is 21.4. The molecule has 2 N–H and O–H groups in total. The molecular formula is C47H50N8. The number of nitrogens with one attached hydrogen (secondary N) is 2. The third-order valence-corrected chi connectivity index (χ3v) is 11.5. The Bertz CT molecular complexity index is 2130. The summed E-state index contributed by atoms with van der Waals surface area (Å²) >= 11 is 0. The van der Waals surface area contributed by atoms with Crippen LogP contribution in [0.25, 0.3) is 5.70 Å². The van der Waals surface area contributed by atoms with Crippen LogP contribution >= 0.6 is 0 Å². The molecule has 4 aromatic rings. The predicted octanol–water partition coefficient (Wildman–Crippen LogP) is 10.8. The first-order valence-corrected chi connectivity index (χ1v) is 20.2. The number of rotatable bonds is 8. The molecule has 0 saturated carbocycles. The van der Waals surface area contributed by atoms with Gasteiger partial charge in [-0.25, -0.2) is 20.0 Å². The van der Waals surface area contributed by atoms with E-state index in [-0.39, 0.29) is 5.92 Å².